The molecule has 6 nitrogen and oxygen atoms in total. The van der Waals surface area contributed by atoms with E-state index in [1.807, 2.05) is 73.8 Å². The molecule has 0 saturated heterocycles. The van der Waals surface area contributed by atoms with Gasteiger partial charge in [-0.3, -0.25) is 0 Å². The van der Waals surface area contributed by atoms with Crippen LogP contribution >= 0.6 is 0 Å². The Morgan fingerprint density at radius 1 is 0.622 bits per heavy atom. The highest BCUT2D eigenvalue weighted by Crippen LogP contribution is 2.36. The highest BCUT2D eigenvalue weighted by molar-refractivity contribution is 6.21. The van der Waals surface area contributed by atoms with Crippen LogP contribution < -0.4 is 20.2 Å². The third-order valence-electron chi connectivity index (χ3n) is 7.73. The van der Waals surface area contributed by atoms with Crippen molar-refractivity contribution in [2.45, 2.75) is 13.1 Å². The van der Waals surface area contributed by atoms with Crippen LogP contribution in [0.4, 0.5) is 13.2 Å². The molecule has 0 aliphatic rings. The summed E-state index contributed by atoms with van der Waals surface area (Å²) in [5.41, 5.74) is 0.350. The topological polar surface area (TPSA) is 71.3 Å². The predicted molar refractivity (Wildman–Crippen MR) is 165 cm³/mol. The number of nitriles is 1. The summed E-state index contributed by atoms with van der Waals surface area (Å²) in [5, 5.41) is 20.9. The fraction of sp³-hybridized carbons (Fsp3) is 0.0556. The van der Waals surface area contributed by atoms with E-state index in [1.54, 1.807) is 12.1 Å². The van der Waals surface area contributed by atoms with Gasteiger partial charge in [0.2, 0.25) is 6.19 Å². The van der Waals surface area contributed by atoms with Crippen molar-refractivity contribution in [1.82, 2.24) is 0 Å². The monoisotopic (exact) mass is 596 g/mol. The number of halogens is 3. The van der Waals surface area contributed by atoms with E-state index in [9.17, 15) is 18.4 Å². The van der Waals surface area contributed by atoms with Crippen molar-refractivity contribution in [3.8, 4) is 29.2 Å². The van der Waals surface area contributed by atoms with Crippen molar-refractivity contribution in [3.63, 3.8) is 0 Å². The van der Waals surface area contributed by atoms with E-state index >= 15 is 0 Å². The largest absolute Gasteiger partial charge is 0.457 e. The Hall–Kier alpha value is -6.19. The number of fused-ring (bicyclic) bond motifs is 6. The minimum atomic E-state index is -4.45. The summed E-state index contributed by atoms with van der Waals surface area (Å²) in [6.45, 7) is 9.50. The standard InChI is InChI=1S/C36H19F3N4O2/c1-20-3-7-22(8-4-20)44-25-12-14-27-29-17-32-28(18-33(29)35(43-41-2)31(27)16-25)26-13-11-24(15-30(26)34(32)42-19-40)45-23-9-5-21(6-10-23)36(37,38)39/h3-18H,1H3/b42-34?,43-35+. The number of aryl methyl sites for hydroxylation is 1. The third-order valence-corrected chi connectivity index (χ3v) is 7.73. The van der Waals surface area contributed by atoms with E-state index < -0.39 is 11.7 Å². The fourth-order valence-electron chi connectivity index (χ4n) is 5.68. The maximum absolute atomic E-state index is 13.0. The van der Waals surface area contributed by atoms with Crippen LogP contribution in [-0.4, -0.2) is 0 Å². The SMILES string of the molecule is [C-]#[N+]/N=c1\c2cc(Oc3ccc(C)cc3)ccc2c2cc3c(=NC#N)c4cc(Oc5ccc(C(F)(F)F)cc5)ccc4c3cc12. The molecule has 0 heterocycles. The van der Waals surface area contributed by atoms with Gasteiger partial charge in [0.15, 0.2) is 5.36 Å². The molecule has 7 rings (SSSR count). The lowest BCUT2D eigenvalue weighted by Gasteiger charge is -2.09. The van der Waals surface area contributed by atoms with Crippen LogP contribution in [0.5, 0.6) is 23.0 Å². The number of ether oxygens (including phenoxy) is 2. The number of hydrogen-bond donors (Lipinski definition) is 0. The lowest BCUT2D eigenvalue weighted by atomic mass is 10.1. The molecule has 0 bridgehead atoms. The number of benzene rings is 5. The minimum Gasteiger partial charge on any atom is -0.457 e. The van der Waals surface area contributed by atoms with E-state index in [4.69, 9.17) is 16.0 Å². The summed E-state index contributed by atoms with van der Waals surface area (Å²) in [6.07, 6.45) is -2.55. The molecular formula is C36H19F3N4O2. The second-order valence-corrected chi connectivity index (χ2v) is 10.5. The second kappa shape index (κ2) is 10.5. The van der Waals surface area contributed by atoms with E-state index in [1.165, 1.54) is 12.1 Å². The van der Waals surface area contributed by atoms with Crippen LogP contribution in [-0.2, 0) is 6.18 Å². The van der Waals surface area contributed by atoms with Crippen LogP contribution in [0.3, 0.4) is 0 Å². The Kier molecular flexibility index (Phi) is 6.46. The van der Waals surface area contributed by atoms with Gasteiger partial charge in [-0.25, -0.2) is 0 Å². The number of hydrogen-bond acceptors (Lipinski definition) is 5. The number of alkyl halides is 3. The molecular weight excluding hydrogens is 577 g/mol. The Balaban J connectivity index is 1.38. The minimum absolute atomic E-state index is 0.235. The molecule has 0 spiro atoms. The second-order valence-electron chi connectivity index (χ2n) is 10.5. The quantitative estimate of drug-likeness (QED) is 0.116. The normalized spacial score (nSPS) is 12.7. The Bertz CT molecular complexity index is 2490. The van der Waals surface area contributed by atoms with Gasteiger partial charge in [-0.05, 0) is 113 Å². The molecule has 7 aromatic carbocycles. The molecule has 216 valence electrons. The van der Waals surface area contributed by atoms with E-state index in [2.05, 4.69) is 15.0 Å². The van der Waals surface area contributed by atoms with Crippen molar-refractivity contribution in [3.05, 3.63) is 130 Å². The Morgan fingerprint density at radius 2 is 1.09 bits per heavy atom. The summed E-state index contributed by atoms with van der Waals surface area (Å²) >= 11 is 0. The maximum atomic E-state index is 13.0. The summed E-state index contributed by atoms with van der Waals surface area (Å²) in [7, 11) is 0. The molecule has 45 heavy (non-hydrogen) atoms. The van der Waals surface area contributed by atoms with Crippen LogP contribution in [0.1, 0.15) is 11.1 Å². The highest BCUT2D eigenvalue weighted by Gasteiger charge is 2.30. The first-order valence-electron chi connectivity index (χ1n) is 13.7. The molecule has 0 radical (unpaired) electrons. The first kappa shape index (κ1) is 27.6. The molecule has 0 aromatic heterocycles. The zero-order chi connectivity index (χ0) is 31.3. The van der Waals surface area contributed by atoms with Crippen molar-refractivity contribution in [2.24, 2.45) is 10.1 Å². The molecule has 0 unspecified atom stereocenters. The van der Waals surface area contributed by atoms with Crippen molar-refractivity contribution >= 4 is 43.1 Å². The molecule has 0 aliphatic heterocycles. The molecule has 9 heteroatoms. The summed E-state index contributed by atoms with van der Waals surface area (Å²) in [5.74, 6) is 1.90. The predicted octanol–water partition coefficient (Wildman–Crippen LogP) is 9.20. The number of nitrogens with zero attached hydrogens (tertiary/aromatic N) is 4. The van der Waals surface area contributed by atoms with E-state index in [-0.39, 0.29) is 5.75 Å². The zero-order valence-electron chi connectivity index (χ0n) is 23.5. The van der Waals surface area contributed by atoms with Crippen molar-refractivity contribution in [2.75, 3.05) is 0 Å². The van der Waals surface area contributed by atoms with Gasteiger partial charge in [-0.1, -0.05) is 17.7 Å². The van der Waals surface area contributed by atoms with E-state index in [0.717, 1.165) is 55.4 Å². The van der Waals surface area contributed by atoms with Gasteiger partial charge in [-0.2, -0.15) is 30.0 Å². The average Bonchev–Trinajstić information content (AvgIpc) is 3.48. The molecule has 0 N–H and O–H groups in total. The Morgan fingerprint density at radius 3 is 1.60 bits per heavy atom. The molecule has 0 amide bonds. The van der Waals surface area contributed by atoms with Gasteiger partial charge >= 0.3 is 6.18 Å². The molecule has 0 aliphatic carbocycles. The Labute approximate surface area is 253 Å². The zero-order valence-corrected chi connectivity index (χ0v) is 23.5. The van der Waals surface area contributed by atoms with Crippen LogP contribution in [0.2, 0.25) is 0 Å². The van der Waals surface area contributed by atoms with Gasteiger partial charge in [0.25, 0.3) is 0 Å². The van der Waals surface area contributed by atoms with Crippen molar-refractivity contribution < 1.29 is 22.6 Å². The fourth-order valence-corrected chi connectivity index (χ4v) is 5.68. The summed E-state index contributed by atoms with van der Waals surface area (Å²) in [4.78, 5) is 7.48. The molecule has 0 saturated carbocycles. The molecule has 0 atom stereocenters. The molecule has 0 fully saturated rings. The molecule has 7 aromatic rings. The van der Waals surface area contributed by atoms with Gasteiger partial charge in [0.05, 0.1) is 16.0 Å². The van der Waals surface area contributed by atoms with Crippen LogP contribution in [0, 0.1) is 25.0 Å². The van der Waals surface area contributed by atoms with Crippen LogP contribution in [0.25, 0.3) is 48.0 Å². The highest BCUT2D eigenvalue weighted by atomic mass is 19.4. The summed E-state index contributed by atoms with van der Waals surface area (Å²) in [6, 6.07) is 26.9. The maximum Gasteiger partial charge on any atom is 0.416 e. The average molecular weight is 597 g/mol. The first-order valence-corrected chi connectivity index (χ1v) is 13.7. The van der Waals surface area contributed by atoms with Gasteiger partial charge in [0.1, 0.15) is 23.0 Å². The van der Waals surface area contributed by atoms with Gasteiger partial charge in [0, 0.05) is 21.5 Å². The number of rotatable bonds is 4. The van der Waals surface area contributed by atoms with Crippen LogP contribution in [0.15, 0.2) is 107 Å². The van der Waals surface area contributed by atoms with Crippen molar-refractivity contribution in [1.29, 1.82) is 5.26 Å². The van der Waals surface area contributed by atoms with Gasteiger partial charge < -0.3 is 9.47 Å². The summed E-state index contributed by atoms with van der Waals surface area (Å²) < 4.78 is 50.9. The first-order chi connectivity index (χ1) is 21.7. The van der Waals surface area contributed by atoms with Gasteiger partial charge in [-0.15, -0.1) is 4.95 Å². The third kappa shape index (κ3) is 4.87. The lowest BCUT2D eigenvalue weighted by molar-refractivity contribution is -0.137. The lowest BCUT2D eigenvalue weighted by Crippen LogP contribution is -2.04. The smallest absolute Gasteiger partial charge is 0.416 e. The van der Waals surface area contributed by atoms with E-state index in [0.29, 0.717) is 33.3 Å².